The van der Waals surface area contributed by atoms with Crippen LogP contribution in [-0.2, 0) is 10.2 Å². The molecular formula is C19H16N4O4. The van der Waals surface area contributed by atoms with E-state index in [1.807, 2.05) is 0 Å². The highest BCUT2D eigenvalue weighted by Gasteiger charge is 2.40. The quantitative estimate of drug-likeness (QED) is 0.412. The first-order valence-corrected chi connectivity index (χ1v) is 8.34. The molecule has 0 unspecified atom stereocenters. The summed E-state index contributed by atoms with van der Waals surface area (Å²) in [6.45, 7) is 5.16. The van der Waals surface area contributed by atoms with Crippen LogP contribution in [0.25, 0.3) is 22.4 Å². The lowest BCUT2D eigenvalue weighted by atomic mass is 9.78. The lowest BCUT2D eigenvalue weighted by Gasteiger charge is -2.30. The number of fused-ring (bicyclic) bond motifs is 3. The number of nitro groups is 1. The number of nitrogens with zero attached hydrogens (tertiary/aromatic N) is 2. The number of imidazole rings is 1. The predicted octanol–water partition coefficient (Wildman–Crippen LogP) is 2.99. The van der Waals surface area contributed by atoms with Gasteiger partial charge in [-0.1, -0.05) is 18.2 Å². The summed E-state index contributed by atoms with van der Waals surface area (Å²) in [6.07, 6.45) is 0. The van der Waals surface area contributed by atoms with Crippen molar-refractivity contribution in [1.82, 2.24) is 15.3 Å². The van der Waals surface area contributed by atoms with Gasteiger partial charge in [-0.2, -0.15) is 0 Å². The summed E-state index contributed by atoms with van der Waals surface area (Å²) in [5.74, 6) is -0.430. The molecule has 2 amide bonds. The monoisotopic (exact) mass is 364 g/mol. The number of aromatic amines is 1. The van der Waals surface area contributed by atoms with E-state index in [1.165, 1.54) is 6.07 Å². The molecule has 8 nitrogen and oxygen atoms in total. The van der Waals surface area contributed by atoms with Gasteiger partial charge in [0.15, 0.2) is 0 Å². The highest BCUT2D eigenvalue weighted by Crippen LogP contribution is 2.35. The third-order valence-corrected chi connectivity index (χ3v) is 5.03. The van der Waals surface area contributed by atoms with Crippen molar-refractivity contribution in [2.45, 2.75) is 26.2 Å². The van der Waals surface area contributed by atoms with E-state index >= 15 is 0 Å². The fraction of sp³-hybridized carbons (Fsp3) is 0.211. The minimum absolute atomic E-state index is 0.000502. The first kappa shape index (κ1) is 16.9. The van der Waals surface area contributed by atoms with Crippen molar-refractivity contribution < 1.29 is 14.5 Å². The Morgan fingerprint density at radius 2 is 1.89 bits per heavy atom. The minimum atomic E-state index is -0.862. The highest BCUT2D eigenvalue weighted by atomic mass is 16.6. The summed E-state index contributed by atoms with van der Waals surface area (Å²) in [4.78, 5) is 43.0. The second kappa shape index (κ2) is 5.47. The van der Waals surface area contributed by atoms with Crippen molar-refractivity contribution in [2.24, 2.45) is 0 Å². The number of carbonyl (C=O) groups is 2. The second-order valence-corrected chi connectivity index (χ2v) is 7.14. The molecule has 0 bridgehead atoms. The number of amides is 2. The van der Waals surface area contributed by atoms with Crippen LogP contribution in [0, 0.1) is 17.0 Å². The average molecular weight is 364 g/mol. The van der Waals surface area contributed by atoms with Gasteiger partial charge in [0.05, 0.1) is 21.4 Å². The SMILES string of the molecule is Cc1ccc(-c2nc3c4c(ccc3[nH]2)C(C)(C)C(=O)NC4=O)cc1[N+](=O)[O-]. The first-order valence-electron chi connectivity index (χ1n) is 8.34. The number of benzene rings is 2. The number of aromatic nitrogens is 2. The molecule has 0 saturated heterocycles. The van der Waals surface area contributed by atoms with Gasteiger partial charge < -0.3 is 4.98 Å². The molecule has 0 fully saturated rings. The number of hydrogen-bond donors (Lipinski definition) is 2. The molecule has 0 radical (unpaired) electrons. The van der Waals surface area contributed by atoms with Crippen LogP contribution < -0.4 is 5.32 Å². The molecule has 2 N–H and O–H groups in total. The third-order valence-electron chi connectivity index (χ3n) is 5.03. The van der Waals surface area contributed by atoms with E-state index in [2.05, 4.69) is 15.3 Å². The van der Waals surface area contributed by atoms with Crippen LogP contribution in [0.1, 0.15) is 35.3 Å². The Kier molecular flexibility index (Phi) is 3.42. The second-order valence-electron chi connectivity index (χ2n) is 7.14. The molecule has 2 heterocycles. The van der Waals surface area contributed by atoms with Gasteiger partial charge in [0.1, 0.15) is 11.3 Å². The topological polar surface area (TPSA) is 118 Å². The third kappa shape index (κ3) is 2.41. The van der Waals surface area contributed by atoms with Crippen molar-refractivity contribution >= 4 is 28.5 Å². The zero-order valence-electron chi connectivity index (χ0n) is 14.9. The zero-order valence-corrected chi connectivity index (χ0v) is 14.9. The molecular weight excluding hydrogens is 348 g/mol. The van der Waals surface area contributed by atoms with E-state index in [1.54, 1.807) is 45.0 Å². The van der Waals surface area contributed by atoms with E-state index < -0.39 is 16.2 Å². The molecule has 1 aliphatic rings. The van der Waals surface area contributed by atoms with Crippen LogP contribution in [0.3, 0.4) is 0 Å². The summed E-state index contributed by atoms with van der Waals surface area (Å²) < 4.78 is 0. The van der Waals surface area contributed by atoms with Gasteiger partial charge in [-0.25, -0.2) is 4.98 Å². The molecule has 0 spiro atoms. The van der Waals surface area contributed by atoms with Crippen LogP contribution in [0.5, 0.6) is 0 Å². The first-order chi connectivity index (χ1) is 12.7. The van der Waals surface area contributed by atoms with Gasteiger partial charge in [0.2, 0.25) is 5.91 Å². The molecule has 2 aromatic carbocycles. The van der Waals surface area contributed by atoms with Crippen LogP contribution in [0.4, 0.5) is 5.69 Å². The normalized spacial score (nSPS) is 15.5. The number of hydrogen-bond acceptors (Lipinski definition) is 5. The Morgan fingerprint density at radius 3 is 2.59 bits per heavy atom. The maximum Gasteiger partial charge on any atom is 0.273 e. The number of rotatable bonds is 2. The van der Waals surface area contributed by atoms with Crippen LogP contribution >= 0.6 is 0 Å². The van der Waals surface area contributed by atoms with E-state index in [0.29, 0.717) is 39.1 Å². The van der Waals surface area contributed by atoms with E-state index in [9.17, 15) is 19.7 Å². The number of nitro benzene ring substituents is 1. The van der Waals surface area contributed by atoms with E-state index in [-0.39, 0.29) is 11.6 Å². The summed E-state index contributed by atoms with van der Waals surface area (Å²) in [6, 6.07) is 8.35. The van der Waals surface area contributed by atoms with Crippen molar-refractivity contribution in [3.8, 4) is 11.4 Å². The average Bonchev–Trinajstić information content (AvgIpc) is 3.03. The number of H-pyrrole nitrogens is 1. The van der Waals surface area contributed by atoms with Gasteiger partial charge >= 0.3 is 0 Å². The molecule has 136 valence electrons. The molecule has 27 heavy (non-hydrogen) atoms. The van der Waals surface area contributed by atoms with E-state index in [0.717, 1.165) is 0 Å². The van der Waals surface area contributed by atoms with Crippen LogP contribution in [0.15, 0.2) is 30.3 Å². The molecule has 0 aliphatic carbocycles. The van der Waals surface area contributed by atoms with Crippen LogP contribution in [0.2, 0.25) is 0 Å². The Balaban J connectivity index is 1.94. The molecule has 4 rings (SSSR count). The number of aryl methyl sites for hydroxylation is 1. The fourth-order valence-corrected chi connectivity index (χ4v) is 3.36. The number of nitrogens with one attached hydrogen (secondary N) is 2. The maximum atomic E-state index is 12.5. The Hall–Kier alpha value is -3.55. The van der Waals surface area contributed by atoms with Crippen molar-refractivity contribution in [3.05, 3.63) is 57.1 Å². The molecule has 8 heteroatoms. The van der Waals surface area contributed by atoms with Gasteiger partial charge in [-0.15, -0.1) is 0 Å². The zero-order chi connectivity index (χ0) is 19.5. The smallest absolute Gasteiger partial charge is 0.273 e. The summed E-state index contributed by atoms with van der Waals surface area (Å²) in [5, 5.41) is 13.6. The molecule has 3 aromatic rings. The van der Waals surface area contributed by atoms with Gasteiger partial charge in [0.25, 0.3) is 11.6 Å². The van der Waals surface area contributed by atoms with E-state index in [4.69, 9.17) is 0 Å². The lowest BCUT2D eigenvalue weighted by Crippen LogP contribution is -2.48. The van der Waals surface area contributed by atoms with Crippen molar-refractivity contribution in [3.63, 3.8) is 0 Å². The summed E-state index contributed by atoms with van der Waals surface area (Å²) >= 11 is 0. The Bertz CT molecular complexity index is 1160. The van der Waals surface area contributed by atoms with Crippen molar-refractivity contribution in [2.75, 3.05) is 0 Å². The number of carbonyl (C=O) groups excluding carboxylic acids is 2. The largest absolute Gasteiger partial charge is 0.338 e. The van der Waals surface area contributed by atoms with Gasteiger partial charge in [0, 0.05) is 17.2 Å². The standard InChI is InChI=1S/C19H16N4O4/c1-9-4-5-10(8-13(9)23(26)27)16-20-12-7-6-11-14(15(12)21-16)17(24)22-18(25)19(11,2)3/h4-8H,1-3H3,(H,20,21)(H,22,24,25). The van der Waals surface area contributed by atoms with Crippen LogP contribution in [-0.4, -0.2) is 26.7 Å². The van der Waals surface area contributed by atoms with Gasteiger partial charge in [-0.3, -0.25) is 25.0 Å². The maximum absolute atomic E-state index is 12.5. The molecule has 1 aliphatic heterocycles. The summed E-state index contributed by atoms with van der Waals surface area (Å²) in [7, 11) is 0. The molecule has 0 atom stereocenters. The predicted molar refractivity (Wildman–Crippen MR) is 98.4 cm³/mol. The van der Waals surface area contributed by atoms with Gasteiger partial charge in [-0.05, 0) is 32.4 Å². The Morgan fingerprint density at radius 1 is 1.15 bits per heavy atom. The minimum Gasteiger partial charge on any atom is -0.338 e. The highest BCUT2D eigenvalue weighted by molar-refractivity contribution is 6.18. The molecule has 1 aromatic heterocycles. The molecule has 0 saturated carbocycles. The fourth-order valence-electron chi connectivity index (χ4n) is 3.36. The Labute approximate surface area is 153 Å². The van der Waals surface area contributed by atoms with Crippen molar-refractivity contribution in [1.29, 1.82) is 0 Å². The summed E-state index contributed by atoms with van der Waals surface area (Å²) in [5.41, 5.74) is 2.24. The number of imide groups is 1. The lowest BCUT2D eigenvalue weighted by molar-refractivity contribution is -0.385.